The van der Waals surface area contributed by atoms with E-state index in [0.29, 0.717) is 23.4 Å². The Morgan fingerprint density at radius 1 is 1.33 bits per heavy atom. The highest BCUT2D eigenvalue weighted by Crippen LogP contribution is 2.55. The molecule has 7 heteroatoms. The number of ketones is 2. The van der Waals surface area contributed by atoms with Gasteiger partial charge in [-0.25, -0.2) is 0 Å². The number of aliphatic hydroxyl groups excluding tert-OH is 1. The number of Topliss-reactive ketones (excluding diaryl/α,β-unsaturated/α-hetero) is 2. The molecule has 3 fully saturated rings. The van der Waals surface area contributed by atoms with Gasteiger partial charge in [0.2, 0.25) is 11.6 Å². The summed E-state index contributed by atoms with van der Waals surface area (Å²) >= 11 is 0. The third-order valence-corrected chi connectivity index (χ3v) is 5.97. The average Bonchev–Trinajstić information content (AvgIpc) is 3.48. The lowest BCUT2D eigenvalue weighted by Crippen LogP contribution is -2.54. The van der Waals surface area contributed by atoms with Crippen molar-refractivity contribution in [2.45, 2.75) is 43.7 Å². The van der Waals surface area contributed by atoms with Crippen LogP contribution in [0.5, 0.6) is 0 Å². The minimum Gasteiger partial charge on any atom is -0.486 e. The van der Waals surface area contributed by atoms with Gasteiger partial charge in [-0.15, -0.1) is 0 Å². The Kier molecular flexibility index (Phi) is 2.73. The van der Waals surface area contributed by atoms with Crippen molar-refractivity contribution in [3.63, 3.8) is 0 Å². The number of hydrogen-bond acceptors (Lipinski definition) is 7. The molecule has 0 aromatic carbocycles. The minimum absolute atomic E-state index is 0.0268. The molecule has 7 nitrogen and oxygen atoms in total. The molecule has 5 aliphatic rings. The first-order chi connectivity index (χ1) is 11.5. The van der Waals surface area contributed by atoms with Crippen LogP contribution in [0.3, 0.4) is 0 Å². The topological polar surface area (TPSA) is 98.0 Å². The third-order valence-electron chi connectivity index (χ3n) is 5.97. The Morgan fingerprint density at radius 3 is 2.71 bits per heavy atom. The van der Waals surface area contributed by atoms with Crippen LogP contribution in [0.15, 0.2) is 22.6 Å². The van der Waals surface area contributed by atoms with Gasteiger partial charge in [0.15, 0.2) is 11.5 Å². The lowest BCUT2D eigenvalue weighted by Gasteiger charge is -2.39. The Hall–Kier alpha value is -1.70. The van der Waals surface area contributed by atoms with Crippen LogP contribution in [0.2, 0.25) is 0 Å². The Labute approximate surface area is 139 Å². The van der Waals surface area contributed by atoms with Crippen LogP contribution in [0.25, 0.3) is 0 Å². The molecule has 1 saturated carbocycles. The predicted octanol–water partition coefficient (Wildman–Crippen LogP) is -0.534. The summed E-state index contributed by atoms with van der Waals surface area (Å²) in [5.74, 6) is -0.840. The largest absolute Gasteiger partial charge is 0.486 e. The van der Waals surface area contributed by atoms with E-state index in [1.165, 1.54) is 0 Å². The zero-order chi connectivity index (χ0) is 16.8. The standard InChI is InChI=1S/C17H20N2O5/c1-7-13(21)12-11(14(22)15(7)24-8-3-4-8)9(6-20)17(23-2)16-10(18-16)5-19(12)17/h8-10,16,18,20H,3-6H2,1-2H3. The highest BCUT2D eigenvalue weighted by atomic mass is 16.5. The van der Waals surface area contributed by atoms with Gasteiger partial charge < -0.3 is 24.8 Å². The maximum absolute atomic E-state index is 13.1. The van der Waals surface area contributed by atoms with Crippen molar-refractivity contribution in [1.29, 1.82) is 0 Å². The molecule has 4 unspecified atom stereocenters. The Balaban J connectivity index is 1.62. The fraction of sp³-hybridized carbons (Fsp3) is 0.647. The van der Waals surface area contributed by atoms with E-state index in [0.717, 1.165) is 12.8 Å². The maximum Gasteiger partial charge on any atom is 0.226 e. The van der Waals surface area contributed by atoms with Crippen molar-refractivity contribution in [3.8, 4) is 0 Å². The second kappa shape index (κ2) is 4.47. The summed E-state index contributed by atoms with van der Waals surface area (Å²) in [4.78, 5) is 28.0. The zero-order valence-corrected chi connectivity index (χ0v) is 13.7. The minimum atomic E-state index is -0.856. The van der Waals surface area contributed by atoms with E-state index in [1.54, 1.807) is 14.0 Å². The van der Waals surface area contributed by atoms with Crippen molar-refractivity contribution in [2.75, 3.05) is 20.3 Å². The predicted molar refractivity (Wildman–Crippen MR) is 81.6 cm³/mol. The van der Waals surface area contributed by atoms with Crippen molar-refractivity contribution >= 4 is 11.6 Å². The van der Waals surface area contributed by atoms with Gasteiger partial charge in [0.1, 0.15) is 0 Å². The van der Waals surface area contributed by atoms with E-state index < -0.39 is 11.6 Å². The van der Waals surface area contributed by atoms with Gasteiger partial charge in [0.05, 0.1) is 30.4 Å². The zero-order valence-electron chi connectivity index (χ0n) is 13.7. The highest BCUT2D eigenvalue weighted by Gasteiger charge is 2.72. The van der Waals surface area contributed by atoms with Crippen LogP contribution >= 0.6 is 0 Å². The molecule has 3 aliphatic heterocycles. The number of nitrogens with zero attached hydrogens (tertiary/aromatic N) is 1. The first kappa shape index (κ1) is 14.6. The van der Waals surface area contributed by atoms with Crippen molar-refractivity contribution < 1.29 is 24.2 Å². The summed E-state index contributed by atoms with van der Waals surface area (Å²) in [6.07, 6.45) is 1.86. The second-order valence-corrected chi connectivity index (χ2v) is 7.24. The van der Waals surface area contributed by atoms with E-state index in [4.69, 9.17) is 9.47 Å². The van der Waals surface area contributed by atoms with Crippen LogP contribution in [-0.2, 0) is 19.1 Å². The SMILES string of the molecule is COC12C(CO)C3=C(C(=O)C(C)=C(OC4CC4)C3=O)N1CC1NC12. The molecule has 0 aromatic rings. The quantitative estimate of drug-likeness (QED) is 0.527. The number of methoxy groups -OCH3 is 1. The first-order valence-electron chi connectivity index (χ1n) is 8.45. The van der Waals surface area contributed by atoms with Crippen LogP contribution in [-0.4, -0.2) is 65.7 Å². The van der Waals surface area contributed by atoms with E-state index in [9.17, 15) is 14.7 Å². The van der Waals surface area contributed by atoms with Crippen molar-refractivity contribution in [3.05, 3.63) is 22.6 Å². The van der Waals surface area contributed by atoms with Crippen LogP contribution < -0.4 is 5.32 Å². The molecule has 0 amide bonds. The van der Waals surface area contributed by atoms with Gasteiger partial charge in [0.25, 0.3) is 0 Å². The number of hydrogen-bond donors (Lipinski definition) is 2. The second-order valence-electron chi connectivity index (χ2n) is 7.24. The van der Waals surface area contributed by atoms with E-state index in [2.05, 4.69) is 5.32 Å². The average molecular weight is 332 g/mol. The number of carbonyl (C=O) groups excluding carboxylic acids is 2. The van der Waals surface area contributed by atoms with Gasteiger partial charge in [-0.3, -0.25) is 9.59 Å². The molecule has 0 bridgehead atoms. The number of carbonyl (C=O) groups is 2. The Morgan fingerprint density at radius 2 is 2.08 bits per heavy atom. The number of fused-ring (bicyclic) bond motifs is 4. The van der Waals surface area contributed by atoms with Gasteiger partial charge in [0, 0.05) is 30.8 Å². The number of rotatable bonds is 4. The molecule has 2 N–H and O–H groups in total. The van der Waals surface area contributed by atoms with Crippen molar-refractivity contribution in [2.24, 2.45) is 5.92 Å². The molecule has 0 aromatic heterocycles. The molecule has 24 heavy (non-hydrogen) atoms. The molecular weight excluding hydrogens is 312 g/mol. The summed E-state index contributed by atoms with van der Waals surface area (Å²) in [5, 5.41) is 13.4. The number of nitrogens with one attached hydrogen (secondary N) is 1. The smallest absolute Gasteiger partial charge is 0.226 e. The summed E-state index contributed by atoms with van der Waals surface area (Å²) in [6, 6.07) is 0.267. The molecular formula is C17H20N2O5. The maximum atomic E-state index is 13.1. The number of allylic oxidation sites excluding steroid dienone is 2. The van der Waals surface area contributed by atoms with E-state index in [1.807, 2.05) is 4.90 Å². The summed E-state index contributed by atoms with van der Waals surface area (Å²) < 4.78 is 11.6. The fourth-order valence-electron chi connectivity index (χ4n) is 4.62. The lowest BCUT2D eigenvalue weighted by atomic mass is 9.83. The molecule has 0 spiro atoms. The first-order valence-corrected chi connectivity index (χ1v) is 8.45. The summed E-state index contributed by atoms with van der Waals surface area (Å²) in [7, 11) is 1.58. The Bertz CT molecular complexity index is 737. The molecule has 3 heterocycles. The molecule has 2 aliphatic carbocycles. The van der Waals surface area contributed by atoms with Crippen LogP contribution in [0.4, 0.5) is 0 Å². The monoisotopic (exact) mass is 332 g/mol. The van der Waals surface area contributed by atoms with Crippen molar-refractivity contribution in [1.82, 2.24) is 10.2 Å². The third kappa shape index (κ3) is 1.53. The molecule has 2 saturated heterocycles. The number of aliphatic hydroxyl groups is 1. The van der Waals surface area contributed by atoms with E-state index >= 15 is 0 Å². The number of piperazine rings is 1. The lowest BCUT2D eigenvalue weighted by molar-refractivity contribution is -0.137. The van der Waals surface area contributed by atoms with Gasteiger partial charge in [-0.2, -0.15) is 0 Å². The highest BCUT2D eigenvalue weighted by molar-refractivity contribution is 6.25. The van der Waals surface area contributed by atoms with Gasteiger partial charge in [-0.05, 0) is 19.8 Å². The van der Waals surface area contributed by atoms with Gasteiger partial charge >= 0.3 is 0 Å². The summed E-state index contributed by atoms with van der Waals surface area (Å²) in [5.41, 5.74) is 0.265. The summed E-state index contributed by atoms with van der Waals surface area (Å²) in [6.45, 7) is 2.01. The fourth-order valence-corrected chi connectivity index (χ4v) is 4.62. The van der Waals surface area contributed by atoms with Crippen LogP contribution in [0, 0.1) is 5.92 Å². The molecule has 0 radical (unpaired) electrons. The normalized spacial score (nSPS) is 40.1. The van der Waals surface area contributed by atoms with E-state index in [-0.39, 0.29) is 42.1 Å². The van der Waals surface area contributed by atoms with Crippen LogP contribution in [0.1, 0.15) is 19.8 Å². The number of ether oxygens (including phenoxy) is 2. The molecule has 128 valence electrons. The molecule has 5 rings (SSSR count). The molecule has 4 atom stereocenters. The van der Waals surface area contributed by atoms with Gasteiger partial charge in [-0.1, -0.05) is 0 Å².